The van der Waals surface area contributed by atoms with Crippen molar-refractivity contribution < 1.29 is 46.9 Å². The summed E-state index contributed by atoms with van der Waals surface area (Å²) < 4.78 is 58.5. The van der Waals surface area contributed by atoms with Crippen LogP contribution < -0.4 is 5.32 Å². The summed E-state index contributed by atoms with van der Waals surface area (Å²) in [6.45, 7) is 8.82. The number of esters is 1. The molecule has 3 fully saturated rings. The van der Waals surface area contributed by atoms with Crippen molar-refractivity contribution in [2.24, 2.45) is 5.92 Å². The van der Waals surface area contributed by atoms with Crippen molar-refractivity contribution in [3.05, 3.63) is 95.1 Å². The van der Waals surface area contributed by atoms with E-state index in [0.717, 1.165) is 46.3 Å². The molecule has 6 atom stereocenters. The molecule has 0 radical (unpaired) electrons. The minimum absolute atomic E-state index is 0.0628. The second-order valence-electron chi connectivity index (χ2n) is 15.7. The van der Waals surface area contributed by atoms with Gasteiger partial charge in [0.15, 0.2) is 6.29 Å². The van der Waals surface area contributed by atoms with Gasteiger partial charge in [-0.1, -0.05) is 79.7 Å². The number of nitrogens with one attached hydrogen (secondary N) is 1. The fraction of sp³-hybridized carbons (Fsp3) is 0.500. The van der Waals surface area contributed by atoms with Crippen LogP contribution in [0.25, 0.3) is 11.1 Å². The number of aliphatic hydroxyl groups is 1. The first-order chi connectivity index (χ1) is 26.1. The summed E-state index contributed by atoms with van der Waals surface area (Å²) in [5.41, 5.74) is 4.35. The van der Waals surface area contributed by atoms with Crippen molar-refractivity contribution in [2.45, 2.75) is 109 Å². The molecule has 13 heteroatoms. The molecule has 3 aromatic carbocycles. The van der Waals surface area contributed by atoms with E-state index in [9.17, 15) is 32.7 Å². The van der Waals surface area contributed by atoms with Crippen LogP contribution in [-0.2, 0) is 41.7 Å². The molecule has 0 unspecified atom stereocenters. The Labute approximate surface area is 319 Å². The van der Waals surface area contributed by atoms with E-state index in [0.29, 0.717) is 24.3 Å². The maximum absolute atomic E-state index is 13.2. The van der Waals surface area contributed by atoms with Crippen LogP contribution in [0, 0.1) is 5.92 Å². The lowest BCUT2D eigenvalue weighted by Gasteiger charge is -2.43. The van der Waals surface area contributed by atoms with Gasteiger partial charge in [0, 0.05) is 31.1 Å². The number of aliphatic hydroxyl groups excluding tert-OH is 1. The monoisotopic (exact) mass is 765 g/mol. The zero-order chi connectivity index (χ0) is 39.5. The molecule has 0 bridgehead atoms. The van der Waals surface area contributed by atoms with E-state index in [4.69, 9.17) is 14.2 Å². The molecular formula is C42H50F3N3O7. The predicted octanol–water partition coefficient (Wildman–Crippen LogP) is 6.61. The van der Waals surface area contributed by atoms with Crippen LogP contribution in [0.2, 0.25) is 0 Å². The van der Waals surface area contributed by atoms with Gasteiger partial charge in [0.2, 0.25) is 5.91 Å². The maximum atomic E-state index is 13.2. The minimum Gasteiger partial charge on any atom is -0.459 e. The predicted molar refractivity (Wildman–Crippen MR) is 198 cm³/mol. The topological polar surface area (TPSA) is 118 Å². The molecule has 2 amide bonds. The lowest BCUT2D eigenvalue weighted by molar-refractivity contribution is -0.276. The molecule has 296 valence electrons. The summed E-state index contributed by atoms with van der Waals surface area (Å²) >= 11 is 0. The molecular weight excluding hydrogens is 715 g/mol. The van der Waals surface area contributed by atoms with Crippen LogP contribution in [-0.4, -0.2) is 82.3 Å². The molecule has 0 aliphatic carbocycles. The Morgan fingerprint density at radius 1 is 0.873 bits per heavy atom. The molecule has 3 aliphatic heterocycles. The van der Waals surface area contributed by atoms with Crippen molar-refractivity contribution in [3.63, 3.8) is 0 Å². The van der Waals surface area contributed by atoms with E-state index in [-0.39, 0.29) is 56.3 Å². The summed E-state index contributed by atoms with van der Waals surface area (Å²) in [5.74, 6) is -2.93. The number of carbonyl (C=O) groups excluding carboxylic acids is 3. The van der Waals surface area contributed by atoms with Crippen molar-refractivity contribution in [3.8, 4) is 11.1 Å². The highest BCUT2D eigenvalue weighted by Crippen LogP contribution is 2.43. The number of nitrogens with zero attached hydrogens (tertiary/aromatic N) is 2. The Kier molecular flexibility index (Phi) is 12.3. The number of halogens is 3. The Morgan fingerprint density at radius 2 is 1.53 bits per heavy atom. The Bertz CT molecular complexity index is 1810. The lowest BCUT2D eigenvalue weighted by atomic mass is 9.89. The van der Waals surface area contributed by atoms with Crippen molar-refractivity contribution >= 4 is 17.8 Å². The van der Waals surface area contributed by atoms with Gasteiger partial charge < -0.3 is 29.5 Å². The molecule has 3 saturated heterocycles. The maximum Gasteiger partial charge on any atom is 0.471 e. The van der Waals surface area contributed by atoms with E-state index in [1.807, 2.05) is 93.6 Å². The first-order valence-corrected chi connectivity index (χ1v) is 18.9. The number of benzene rings is 3. The van der Waals surface area contributed by atoms with Crippen LogP contribution in [0.3, 0.4) is 0 Å². The van der Waals surface area contributed by atoms with Gasteiger partial charge in [0.25, 0.3) is 0 Å². The SMILES string of the molecule is C[C@@H]1[C@H](CN2CCC[C@H]2C(=O)OC(C)(C)C)O[C@H](c2ccc(-c3ccccc3CNC(=O)[C@@H]3CCCN3C(=O)C(F)(F)F)cc2)O[C@@H]1c1ccc(CO)cc1. The van der Waals surface area contributed by atoms with Gasteiger partial charge in [0.05, 0.1) is 18.8 Å². The van der Waals surface area contributed by atoms with E-state index in [2.05, 4.69) is 17.1 Å². The summed E-state index contributed by atoms with van der Waals surface area (Å²) in [6, 6.07) is 21.3. The fourth-order valence-corrected chi connectivity index (χ4v) is 7.76. The van der Waals surface area contributed by atoms with Gasteiger partial charge in [-0.25, -0.2) is 0 Å². The van der Waals surface area contributed by atoms with Crippen molar-refractivity contribution in [1.29, 1.82) is 0 Å². The van der Waals surface area contributed by atoms with Gasteiger partial charge in [-0.15, -0.1) is 0 Å². The fourth-order valence-electron chi connectivity index (χ4n) is 7.76. The van der Waals surface area contributed by atoms with E-state index < -0.39 is 35.9 Å². The van der Waals surface area contributed by atoms with Crippen LogP contribution >= 0.6 is 0 Å². The molecule has 3 aliphatic rings. The summed E-state index contributed by atoms with van der Waals surface area (Å²) in [7, 11) is 0. The molecule has 6 rings (SSSR count). The smallest absolute Gasteiger partial charge is 0.459 e. The van der Waals surface area contributed by atoms with Gasteiger partial charge >= 0.3 is 18.1 Å². The number of hydrogen-bond acceptors (Lipinski definition) is 8. The summed E-state index contributed by atoms with van der Waals surface area (Å²) in [4.78, 5) is 40.9. The average molecular weight is 766 g/mol. The van der Waals surface area contributed by atoms with Crippen molar-refractivity contribution in [2.75, 3.05) is 19.6 Å². The molecule has 2 N–H and O–H groups in total. The average Bonchev–Trinajstić information content (AvgIpc) is 3.84. The molecule has 10 nitrogen and oxygen atoms in total. The molecule has 0 saturated carbocycles. The second-order valence-corrected chi connectivity index (χ2v) is 15.7. The number of alkyl halides is 3. The second kappa shape index (κ2) is 16.8. The molecule has 3 heterocycles. The minimum atomic E-state index is -5.04. The number of amides is 2. The van der Waals surface area contributed by atoms with Crippen LogP contribution in [0.5, 0.6) is 0 Å². The molecule has 0 spiro atoms. The van der Waals surface area contributed by atoms with Gasteiger partial charge in [0.1, 0.15) is 17.7 Å². The quantitative estimate of drug-likeness (QED) is 0.222. The highest BCUT2D eigenvalue weighted by molar-refractivity contribution is 5.90. The van der Waals surface area contributed by atoms with Crippen LogP contribution in [0.1, 0.15) is 88.0 Å². The Hall–Kier alpha value is -4.30. The third-order valence-corrected chi connectivity index (χ3v) is 10.6. The molecule has 0 aromatic heterocycles. The standard InChI is InChI=1S/C42H50F3N3O7/c1-26-35(24-47-21-7-12-34(47)38(51)55-41(2,3)4)53-39(54-36(26)29-15-13-27(25-49)14-16-29)30-19-17-28(18-20-30)32-10-6-5-9-31(32)23-46-37(50)33-11-8-22-48(33)40(52)42(43,44)45/h5-6,9-10,13-20,26,33-36,39,49H,7-8,11-12,21-25H2,1-4H3,(H,46,50)/t26-,33+,34+,35+,36+,39+/m1/s1. The van der Waals surface area contributed by atoms with Crippen LogP contribution in [0.15, 0.2) is 72.8 Å². The van der Waals surface area contributed by atoms with E-state index in [1.165, 1.54) is 0 Å². The largest absolute Gasteiger partial charge is 0.471 e. The zero-order valence-electron chi connectivity index (χ0n) is 31.7. The Morgan fingerprint density at radius 3 is 2.20 bits per heavy atom. The lowest BCUT2D eigenvalue weighted by Crippen LogP contribution is -2.50. The highest BCUT2D eigenvalue weighted by atomic mass is 19.4. The summed E-state index contributed by atoms with van der Waals surface area (Å²) in [6.07, 6.45) is -4.34. The number of ether oxygens (including phenoxy) is 3. The van der Waals surface area contributed by atoms with Crippen molar-refractivity contribution in [1.82, 2.24) is 15.1 Å². The third-order valence-electron chi connectivity index (χ3n) is 10.6. The number of likely N-dealkylation sites (tertiary alicyclic amines) is 2. The number of rotatable bonds is 10. The van der Waals surface area contributed by atoms with Crippen LogP contribution in [0.4, 0.5) is 13.2 Å². The molecule has 3 aromatic rings. The van der Waals surface area contributed by atoms with E-state index in [1.54, 1.807) is 0 Å². The normalized spacial score (nSPS) is 24.8. The highest BCUT2D eigenvalue weighted by Gasteiger charge is 2.48. The Balaban J connectivity index is 1.19. The molecule has 55 heavy (non-hydrogen) atoms. The van der Waals surface area contributed by atoms with E-state index >= 15 is 0 Å². The van der Waals surface area contributed by atoms with Gasteiger partial charge in [-0.05, 0) is 80.8 Å². The third kappa shape index (κ3) is 9.57. The first-order valence-electron chi connectivity index (χ1n) is 18.9. The number of hydrogen-bond donors (Lipinski definition) is 2. The number of carbonyl (C=O) groups is 3. The summed E-state index contributed by atoms with van der Waals surface area (Å²) in [5, 5.41) is 12.4. The first kappa shape index (κ1) is 40.4. The van der Waals surface area contributed by atoms with Gasteiger partial charge in [-0.3, -0.25) is 19.3 Å². The van der Waals surface area contributed by atoms with Gasteiger partial charge in [-0.2, -0.15) is 13.2 Å². The zero-order valence-corrected chi connectivity index (χ0v) is 31.7.